The summed E-state index contributed by atoms with van der Waals surface area (Å²) in [6.07, 6.45) is 2.35. The standard InChI is InChI=1S/C19H21FN2O2/c20-16-9-8-15(19(23)24)12-17(16)21-13-18(22-10-4-5-11-22)14-6-2-1-3-7-14/h1-3,6-9,12,18,21H,4-5,10-11,13H2,(H,23,24). The fourth-order valence-electron chi connectivity index (χ4n) is 3.19. The fourth-order valence-corrected chi connectivity index (χ4v) is 3.19. The van der Waals surface area contributed by atoms with Gasteiger partial charge < -0.3 is 10.4 Å². The van der Waals surface area contributed by atoms with E-state index >= 15 is 0 Å². The normalized spacial score (nSPS) is 16.0. The van der Waals surface area contributed by atoms with Gasteiger partial charge in [-0.05, 0) is 49.7 Å². The van der Waals surface area contributed by atoms with Gasteiger partial charge >= 0.3 is 5.97 Å². The summed E-state index contributed by atoms with van der Waals surface area (Å²) in [5.41, 5.74) is 1.49. The van der Waals surface area contributed by atoms with Crippen molar-refractivity contribution in [2.24, 2.45) is 0 Å². The van der Waals surface area contributed by atoms with Crippen molar-refractivity contribution in [2.75, 3.05) is 25.0 Å². The van der Waals surface area contributed by atoms with Gasteiger partial charge in [0.15, 0.2) is 0 Å². The molecule has 5 heteroatoms. The maximum Gasteiger partial charge on any atom is 0.335 e. The third-order valence-corrected chi connectivity index (χ3v) is 4.46. The van der Waals surface area contributed by atoms with Crippen molar-refractivity contribution in [2.45, 2.75) is 18.9 Å². The molecule has 1 aliphatic heterocycles. The molecule has 0 aliphatic carbocycles. The predicted molar refractivity (Wildman–Crippen MR) is 91.8 cm³/mol. The van der Waals surface area contributed by atoms with E-state index in [4.69, 9.17) is 5.11 Å². The molecule has 126 valence electrons. The van der Waals surface area contributed by atoms with E-state index in [1.165, 1.54) is 36.6 Å². The Balaban J connectivity index is 1.79. The molecular weight excluding hydrogens is 307 g/mol. The second kappa shape index (κ2) is 7.45. The Bertz CT molecular complexity index is 700. The lowest BCUT2D eigenvalue weighted by atomic mass is 10.1. The SMILES string of the molecule is O=C(O)c1ccc(F)c(NCC(c2ccccc2)N2CCCC2)c1. The number of carboxylic acid groups (broad SMARTS) is 1. The van der Waals surface area contributed by atoms with Gasteiger partial charge in [-0.25, -0.2) is 9.18 Å². The van der Waals surface area contributed by atoms with E-state index in [-0.39, 0.29) is 17.3 Å². The molecule has 3 rings (SSSR count). The van der Waals surface area contributed by atoms with Crippen LogP contribution in [0.4, 0.5) is 10.1 Å². The average molecular weight is 328 g/mol. The van der Waals surface area contributed by atoms with Crippen molar-refractivity contribution in [1.82, 2.24) is 4.90 Å². The monoisotopic (exact) mass is 328 g/mol. The highest BCUT2D eigenvalue weighted by atomic mass is 19.1. The summed E-state index contributed by atoms with van der Waals surface area (Å²) < 4.78 is 14.0. The van der Waals surface area contributed by atoms with Crippen molar-refractivity contribution in [3.8, 4) is 0 Å². The first-order chi connectivity index (χ1) is 11.6. The average Bonchev–Trinajstić information content (AvgIpc) is 3.11. The number of halogens is 1. The summed E-state index contributed by atoms with van der Waals surface area (Å²) in [7, 11) is 0. The largest absolute Gasteiger partial charge is 0.478 e. The molecule has 4 nitrogen and oxygen atoms in total. The number of benzene rings is 2. The van der Waals surface area contributed by atoms with E-state index in [9.17, 15) is 9.18 Å². The minimum Gasteiger partial charge on any atom is -0.478 e. The van der Waals surface area contributed by atoms with Crippen molar-refractivity contribution in [3.63, 3.8) is 0 Å². The summed E-state index contributed by atoms with van der Waals surface area (Å²) in [5.74, 6) is -1.49. The van der Waals surface area contributed by atoms with Gasteiger partial charge in [0.25, 0.3) is 0 Å². The molecule has 0 radical (unpaired) electrons. The summed E-state index contributed by atoms with van der Waals surface area (Å²) in [4.78, 5) is 13.5. The topological polar surface area (TPSA) is 52.6 Å². The Morgan fingerprint density at radius 3 is 2.54 bits per heavy atom. The molecule has 0 aromatic heterocycles. The maximum absolute atomic E-state index is 14.0. The molecule has 1 atom stereocenters. The molecule has 1 fully saturated rings. The lowest BCUT2D eigenvalue weighted by Gasteiger charge is -2.28. The Kier molecular flexibility index (Phi) is 5.11. The zero-order valence-electron chi connectivity index (χ0n) is 13.4. The Morgan fingerprint density at radius 1 is 1.17 bits per heavy atom. The van der Waals surface area contributed by atoms with Crippen LogP contribution in [-0.2, 0) is 0 Å². The second-order valence-corrected chi connectivity index (χ2v) is 6.05. The van der Waals surface area contributed by atoms with Gasteiger partial charge in [-0.15, -0.1) is 0 Å². The summed E-state index contributed by atoms with van der Waals surface area (Å²) >= 11 is 0. The number of hydrogen-bond donors (Lipinski definition) is 2. The number of likely N-dealkylation sites (tertiary alicyclic amines) is 1. The minimum atomic E-state index is -1.06. The van der Waals surface area contributed by atoms with Crippen LogP contribution in [0.3, 0.4) is 0 Å². The predicted octanol–water partition coefficient (Wildman–Crippen LogP) is 3.77. The van der Waals surface area contributed by atoms with E-state index in [0.717, 1.165) is 13.1 Å². The molecule has 2 aromatic rings. The molecule has 2 aromatic carbocycles. The lowest BCUT2D eigenvalue weighted by Crippen LogP contribution is -2.31. The van der Waals surface area contributed by atoms with Crippen LogP contribution in [0, 0.1) is 5.82 Å². The van der Waals surface area contributed by atoms with Gasteiger partial charge in [0.05, 0.1) is 17.3 Å². The molecule has 0 bridgehead atoms. The van der Waals surface area contributed by atoms with Crippen LogP contribution in [0.15, 0.2) is 48.5 Å². The molecular formula is C19H21FN2O2. The van der Waals surface area contributed by atoms with Crippen molar-refractivity contribution < 1.29 is 14.3 Å². The Morgan fingerprint density at radius 2 is 1.88 bits per heavy atom. The van der Waals surface area contributed by atoms with Gasteiger partial charge in [-0.3, -0.25) is 4.90 Å². The number of carbonyl (C=O) groups is 1. The zero-order chi connectivity index (χ0) is 16.9. The van der Waals surface area contributed by atoms with E-state index in [1.54, 1.807) is 0 Å². The van der Waals surface area contributed by atoms with Gasteiger partial charge in [-0.1, -0.05) is 30.3 Å². The molecule has 2 N–H and O–H groups in total. The van der Waals surface area contributed by atoms with Crippen LogP contribution in [0.2, 0.25) is 0 Å². The molecule has 1 unspecified atom stereocenters. The van der Waals surface area contributed by atoms with Gasteiger partial charge in [0, 0.05) is 6.54 Å². The van der Waals surface area contributed by atoms with Gasteiger partial charge in [0.1, 0.15) is 5.82 Å². The molecule has 1 aliphatic rings. The number of hydrogen-bond acceptors (Lipinski definition) is 3. The number of carboxylic acids is 1. The maximum atomic E-state index is 14.0. The van der Waals surface area contributed by atoms with E-state index in [2.05, 4.69) is 22.3 Å². The fraction of sp³-hybridized carbons (Fsp3) is 0.316. The van der Waals surface area contributed by atoms with Crippen LogP contribution < -0.4 is 5.32 Å². The third kappa shape index (κ3) is 3.74. The van der Waals surface area contributed by atoms with Crippen LogP contribution in [0.1, 0.15) is 34.8 Å². The van der Waals surface area contributed by atoms with Crippen molar-refractivity contribution in [1.29, 1.82) is 0 Å². The first kappa shape index (κ1) is 16.5. The van der Waals surface area contributed by atoms with Crippen molar-refractivity contribution in [3.05, 3.63) is 65.5 Å². The molecule has 24 heavy (non-hydrogen) atoms. The number of aromatic carboxylic acids is 1. The number of nitrogens with one attached hydrogen (secondary N) is 1. The highest BCUT2D eigenvalue weighted by Crippen LogP contribution is 2.26. The number of rotatable bonds is 6. The third-order valence-electron chi connectivity index (χ3n) is 4.46. The smallest absolute Gasteiger partial charge is 0.335 e. The molecule has 1 heterocycles. The molecule has 1 saturated heterocycles. The number of anilines is 1. The van der Waals surface area contributed by atoms with Gasteiger partial charge in [0.2, 0.25) is 0 Å². The van der Waals surface area contributed by atoms with Crippen LogP contribution >= 0.6 is 0 Å². The van der Waals surface area contributed by atoms with Crippen LogP contribution in [0.5, 0.6) is 0 Å². The second-order valence-electron chi connectivity index (χ2n) is 6.05. The van der Waals surface area contributed by atoms with E-state index in [0.29, 0.717) is 6.54 Å². The molecule has 0 amide bonds. The summed E-state index contributed by atoms with van der Waals surface area (Å²) in [6, 6.07) is 14.1. The first-order valence-corrected chi connectivity index (χ1v) is 8.21. The van der Waals surface area contributed by atoms with Gasteiger partial charge in [-0.2, -0.15) is 0 Å². The van der Waals surface area contributed by atoms with Crippen molar-refractivity contribution >= 4 is 11.7 Å². The quantitative estimate of drug-likeness (QED) is 0.847. The van der Waals surface area contributed by atoms with E-state index < -0.39 is 11.8 Å². The Labute approximate surface area is 140 Å². The Hall–Kier alpha value is -2.40. The highest BCUT2D eigenvalue weighted by Gasteiger charge is 2.23. The zero-order valence-corrected chi connectivity index (χ0v) is 13.4. The van der Waals surface area contributed by atoms with E-state index in [1.807, 2.05) is 18.2 Å². The first-order valence-electron chi connectivity index (χ1n) is 8.21. The molecule has 0 saturated carbocycles. The number of nitrogens with zero attached hydrogens (tertiary/aromatic N) is 1. The summed E-state index contributed by atoms with van der Waals surface area (Å²) in [6.45, 7) is 2.59. The summed E-state index contributed by atoms with van der Waals surface area (Å²) in [5, 5.41) is 12.2. The lowest BCUT2D eigenvalue weighted by molar-refractivity contribution is 0.0697. The van der Waals surface area contributed by atoms with Crippen LogP contribution in [0.25, 0.3) is 0 Å². The highest BCUT2D eigenvalue weighted by molar-refractivity contribution is 5.88. The minimum absolute atomic E-state index is 0.0799. The van der Waals surface area contributed by atoms with Crippen LogP contribution in [-0.4, -0.2) is 35.6 Å². The molecule has 0 spiro atoms.